The summed E-state index contributed by atoms with van der Waals surface area (Å²) in [6, 6.07) is 15.3. The minimum absolute atomic E-state index is 0.204. The molecule has 2 N–H and O–H groups in total. The van der Waals surface area contributed by atoms with Gasteiger partial charge in [-0.3, -0.25) is 9.89 Å². The Morgan fingerprint density at radius 3 is 2.33 bits per heavy atom. The van der Waals surface area contributed by atoms with E-state index in [1.54, 1.807) is 13.3 Å². The number of amides is 1. The van der Waals surface area contributed by atoms with Gasteiger partial charge in [-0.2, -0.15) is 5.10 Å². The van der Waals surface area contributed by atoms with Gasteiger partial charge in [-0.05, 0) is 62.4 Å². The van der Waals surface area contributed by atoms with E-state index in [2.05, 4.69) is 34.3 Å². The normalized spacial score (nSPS) is 10.5. The zero-order chi connectivity index (χ0) is 19.2. The molecule has 1 heterocycles. The van der Waals surface area contributed by atoms with E-state index in [9.17, 15) is 4.79 Å². The van der Waals surface area contributed by atoms with Crippen LogP contribution >= 0.6 is 0 Å². The van der Waals surface area contributed by atoms with Gasteiger partial charge in [0, 0.05) is 30.0 Å². The second kappa shape index (κ2) is 8.40. The molecular formula is C21H24N4O2. The van der Waals surface area contributed by atoms with E-state index >= 15 is 0 Å². The molecule has 6 nitrogen and oxygen atoms in total. The second-order valence-electron chi connectivity index (χ2n) is 6.06. The lowest BCUT2D eigenvalue weighted by atomic mass is 10.1. The maximum absolute atomic E-state index is 12.7. The maximum atomic E-state index is 12.7. The molecule has 0 aliphatic carbocycles. The van der Waals surface area contributed by atoms with Crippen molar-refractivity contribution in [2.24, 2.45) is 0 Å². The zero-order valence-corrected chi connectivity index (χ0v) is 15.8. The van der Waals surface area contributed by atoms with Crippen LogP contribution in [0.25, 0.3) is 11.3 Å². The average Bonchev–Trinajstić information content (AvgIpc) is 3.20. The first-order valence-electron chi connectivity index (χ1n) is 9.00. The number of hydrogen-bond donors (Lipinski definition) is 2. The summed E-state index contributed by atoms with van der Waals surface area (Å²) in [4.78, 5) is 15.0. The molecule has 0 fully saturated rings. The third-order valence-corrected chi connectivity index (χ3v) is 4.52. The largest absolute Gasteiger partial charge is 0.497 e. The summed E-state index contributed by atoms with van der Waals surface area (Å²) >= 11 is 0. The Kier molecular flexibility index (Phi) is 5.76. The molecule has 0 atom stereocenters. The highest BCUT2D eigenvalue weighted by Crippen LogP contribution is 2.25. The first-order valence-corrected chi connectivity index (χ1v) is 9.00. The number of benzene rings is 2. The van der Waals surface area contributed by atoms with Gasteiger partial charge in [0.1, 0.15) is 5.75 Å². The number of nitrogens with zero attached hydrogens (tertiary/aromatic N) is 2. The predicted octanol–water partition coefficient (Wildman–Crippen LogP) is 4.18. The Bertz CT molecular complexity index is 881. The van der Waals surface area contributed by atoms with Gasteiger partial charge in [-0.25, -0.2) is 0 Å². The van der Waals surface area contributed by atoms with Crippen molar-refractivity contribution in [1.82, 2.24) is 10.2 Å². The standard InChI is InChI=1S/C21H24N4O2/c1-4-25(5-2)17-10-8-16(9-11-17)23-21(26)19-14-22-24-20(19)15-6-12-18(27-3)13-7-15/h6-14H,4-5H2,1-3H3,(H,22,24)(H,23,26). The van der Waals surface area contributed by atoms with Gasteiger partial charge < -0.3 is 15.0 Å². The summed E-state index contributed by atoms with van der Waals surface area (Å²) < 4.78 is 5.18. The molecule has 1 amide bonds. The minimum atomic E-state index is -0.204. The molecule has 0 spiro atoms. The molecule has 0 radical (unpaired) electrons. The Hall–Kier alpha value is -3.28. The monoisotopic (exact) mass is 364 g/mol. The third-order valence-electron chi connectivity index (χ3n) is 4.52. The van der Waals surface area contributed by atoms with Gasteiger partial charge in [-0.15, -0.1) is 0 Å². The number of H-pyrrole nitrogens is 1. The van der Waals surface area contributed by atoms with Crippen LogP contribution in [-0.2, 0) is 0 Å². The Balaban J connectivity index is 1.76. The fourth-order valence-electron chi connectivity index (χ4n) is 2.98. The number of nitrogens with one attached hydrogen (secondary N) is 2. The lowest BCUT2D eigenvalue weighted by molar-refractivity contribution is 0.102. The molecule has 6 heteroatoms. The number of aromatic amines is 1. The third kappa shape index (κ3) is 4.11. The number of rotatable bonds is 7. The van der Waals surface area contributed by atoms with Crippen LogP contribution in [0.2, 0.25) is 0 Å². The summed E-state index contributed by atoms with van der Waals surface area (Å²) in [5, 5.41) is 9.88. The molecule has 27 heavy (non-hydrogen) atoms. The average molecular weight is 364 g/mol. The fourth-order valence-corrected chi connectivity index (χ4v) is 2.98. The lowest BCUT2D eigenvalue weighted by Crippen LogP contribution is -2.21. The van der Waals surface area contributed by atoms with Crippen LogP contribution in [0.1, 0.15) is 24.2 Å². The van der Waals surface area contributed by atoms with Crippen LogP contribution in [-0.4, -0.2) is 36.3 Å². The minimum Gasteiger partial charge on any atom is -0.497 e. The van der Waals surface area contributed by atoms with Crippen molar-refractivity contribution in [1.29, 1.82) is 0 Å². The number of hydrogen-bond acceptors (Lipinski definition) is 4. The Morgan fingerprint density at radius 2 is 1.74 bits per heavy atom. The van der Waals surface area contributed by atoms with Crippen LogP contribution in [0.3, 0.4) is 0 Å². The Labute approximate surface area is 159 Å². The number of carbonyl (C=O) groups is 1. The van der Waals surface area contributed by atoms with Crippen molar-refractivity contribution < 1.29 is 9.53 Å². The number of ether oxygens (including phenoxy) is 1. The molecule has 140 valence electrons. The van der Waals surface area contributed by atoms with Crippen LogP contribution in [0, 0.1) is 0 Å². The van der Waals surface area contributed by atoms with Crippen molar-refractivity contribution in [3.05, 3.63) is 60.3 Å². The number of carbonyl (C=O) groups excluding carboxylic acids is 1. The molecule has 1 aromatic heterocycles. The fraction of sp³-hybridized carbons (Fsp3) is 0.238. The van der Waals surface area contributed by atoms with E-state index in [0.717, 1.165) is 35.8 Å². The molecule has 3 rings (SSSR count). The Morgan fingerprint density at radius 1 is 1.07 bits per heavy atom. The summed E-state index contributed by atoms with van der Waals surface area (Å²) in [6.45, 7) is 6.14. The van der Waals surface area contributed by atoms with Crippen molar-refractivity contribution in [2.45, 2.75) is 13.8 Å². The van der Waals surface area contributed by atoms with Gasteiger partial charge in [0.25, 0.3) is 5.91 Å². The van der Waals surface area contributed by atoms with E-state index < -0.39 is 0 Å². The summed E-state index contributed by atoms with van der Waals surface area (Å²) in [5.41, 5.74) is 3.93. The van der Waals surface area contributed by atoms with Crippen LogP contribution in [0.4, 0.5) is 11.4 Å². The van der Waals surface area contributed by atoms with Crippen molar-refractivity contribution in [3.8, 4) is 17.0 Å². The second-order valence-corrected chi connectivity index (χ2v) is 6.06. The highest BCUT2D eigenvalue weighted by atomic mass is 16.5. The summed E-state index contributed by atoms with van der Waals surface area (Å²) in [5.74, 6) is 0.558. The molecule has 2 aromatic carbocycles. The molecule has 0 aliphatic heterocycles. The van der Waals surface area contributed by atoms with Crippen LogP contribution < -0.4 is 15.0 Å². The van der Waals surface area contributed by atoms with E-state index in [4.69, 9.17) is 4.74 Å². The molecular weight excluding hydrogens is 340 g/mol. The van der Waals surface area contributed by atoms with Gasteiger partial charge >= 0.3 is 0 Å². The predicted molar refractivity (Wildman–Crippen MR) is 109 cm³/mol. The first kappa shape index (κ1) is 18.5. The molecule has 3 aromatic rings. The zero-order valence-electron chi connectivity index (χ0n) is 15.8. The molecule has 0 saturated carbocycles. The molecule has 0 saturated heterocycles. The SMILES string of the molecule is CCN(CC)c1ccc(NC(=O)c2cn[nH]c2-c2ccc(OC)cc2)cc1. The van der Waals surface area contributed by atoms with Crippen molar-refractivity contribution in [3.63, 3.8) is 0 Å². The van der Waals surface area contributed by atoms with Gasteiger partial charge in [-0.1, -0.05) is 0 Å². The van der Waals surface area contributed by atoms with E-state index in [1.807, 2.05) is 48.5 Å². The van der Waals surface area contributed by atoms with Crippen molar-refractivity contribution >= 4 is 17.3 Å². The highest BCUT2D eigenvalue weighted by Gasteiger charge is 2.15. The highest BCUT2D eigenvalue weighted by molar-refractivity contribution is 6.08. The number of anilines is 2. The topological polar surface area (TPSA) is 70.2 Å². The molecule has 0 aliphatic rings. The number of aromatic nitrogens is 2. The van der Waals surface area contributed by atoms with E-state index in [0.29, 0.717) is 11.3 Å². The van der Waals surface area contributed by atoms with Crippen LogP contribution in [0.5, 0.6) is 5.75 Å². The quantitative estimate of drug-likeness (QED) is 0.660. The van der Waals surface area contributed by atoms with Crippen molar-refractivity contribution in [2.75, 3.05) is 30.4 Å². The van der Waals surface area contributed by atoms with Crippen LogP contribution in [0.15, 0.2) is 54.7 Å². The van der Waals surface area contributed by atoms with E-state index in [-0.39, 0.29) is 5.91 Å². The van der Waals surface area contributed by atoms with Gasteiger partial charge in [0.05, 0.1) is 24.6 Å². The summed E-state index contributed by atoms with van der Waals surface area (Å²) in [6.07, 6.45) is 1.54. The number of methoxy groups -OCH3 is 1. The summed E-state index contributed by atoms with van der Waals surface area (Å²) in [7, 11) is 1.62. The first-order chi connectivity index (χ1) is 13.2. The van der Waals surface area contributed by atoms with E-state index in [1.165, 1.54) is 0 Å². The molecule has 0 bridgehead atoms. The lowest BCUT2D eigenvalue weighted by Gasteiger charge is -2.21. The smallest absolute Gasteiger partial charge is 0.259 e. The van der Waals surface area contributed by atoms with Gasteiger partial charge in [0.15, 0.2) is 0 Å². The van der Waals surface area contributed by atoms with Gasteiger partial charge in [0.2, 0.25) is 0 Å². The maximum Gasteiger partial charge on any atom is 0.259 e. The molecule has 0 unspecified atom stereocenters.